The fourth-order valence-corrected chi connectivity index (χ4v) is 6.30. The van der Waals surface area contributed by atoms with E-state index in [1.54, 1.807) is 19.1 Å². The van der Waals surface area contributed by atoms with Gasteiger partial charge in [0.2, 0.25) is 10.0 Å². The van der Waals surface area contributed by atoms with Gasteiger partial charge in [-0.3, -0.25) is 10.1 Å². The number of anilines is 1. The summed E-state index contributed by atoms with van der Waals surface area (Å²) in [4.78, 5) is 17.5. The van der Waals surface area contributed by atoms with E-state index >= 15 is 0 Å². The number of fused-ring (bicyclic) bond motifs is 1. The molecule has 164 valence electrons. The van der Waals surface area contributed by atoms with E-state index in [2.05, 4.69) is 10.3 Å². The van der Waals surface area contributed by atoms with E-state index in [0.717, 1.165) is 35.2 Å². The molecule has 4 rings (SSSR count). The topological polar surface area (TPSA) is 88.6 Å². The lowest BCUT2D eigenvalue weighted by Gasteiger charge is -2.26. The number of aromatic nitrogens is 1. The number of carbonyl (C=O) groups excluding carboxylic acids is 1. The highest BCUT2D eigenvalue weighted by Crippen LogP contribution is 2.30. The molecule has 0 unspecified atom stereocenters. The van der Waals surface area contributed by atoms with Gasteiger partial charge >= 0.3 is 0 Å². The lowest BCUT2D eigenvalue weighted by molar-refractivity contribution is 0.102. The Balaban J connectivity index is 1.58. The fourth-order valence-electron chi connectivity index (χ4n) is 3.65. The Kier molecular flexibility index (Phi) is 6.27. The minimum atomic E-state index is -3.63. The van der Waals surface area contributed by atoms with Crippen molar-refractivity contribution in [3.63, 3.8) is 0 Å². The summed E-state index contributed by atoms with van der Waals surface area (Å²) >= 11 is 1.35. The molecule has 1 aliphatic rings. The maximum Gasteiger partial charge on any atom is 0.257 e. The first-order chi connectivity index (χ1) is 14.9. The molecule has 3 aromatic rings. The maximum atomic E-state index is 13.1. The molecule has 1 aromatic heterocycles. The zero-order valence-corrected chi connectivity index (χ0v) is 19.2. The number of carbonyl (C=O) groups is 1. The van der Waals surface area contributed by atoms with E-state index in [9.17, 15) is 13.2 Å². The molecular formula is C22H25N3O4S2. The first-order valence-electron chi connectivity index (χ1n) is 10.3. The molecular weight excluding hydrogens is 434 g/mol. The summed E-state index contributed by atoms with van der Waals surface area (Å²) in [5, 5.41) is 3.25. The monoisotopic (exact) mass is 459 g/mol. The lowest BCUT2D eigenvalue weighted by Crippen LogP contribution is -2.36. The Morgan fingerprint density at radius 3 is 2.68 bits per heavy atom. The zero-order valence-electron chi connectivity index (χ0n) is 17.6. The average molecular weight is 460 g/mol. The van der Waals surface area contributed by atoms with Gasteiger partial charge in [-0.15, -0.1) is 0 Å². The van der Waals surface area contributed by atoms with Crippen molar-refractivity contribution in [2.24, 2.45) is 0 Å². The molecule has 1 N–H and O–H groups in total. The lowest BCUT2D eigenvalue weighted by atomic mass is 10.1. The van der Waals surface area contributed by atoms with Crippen LogP contribution in [-0.2, 0) is 10.0 Å². The summed E-state index contributed by atoms with van der Waals surface area (Å²) in [6.45, 7) is 5.29. The normalized spacial score (nSPS) is 15.2. The molecule has 9 heteroatoms. The Hall–Kier alpha value is -2.49. The first-order valence-corrected chi connectivity index (χ1v) is 12.6. The third-order valence-electron chi connectivity index (χ3n) is 5.27. The summed E-state index contributed by atoms with van der Waals surface area (Å²) in [5.41, 5.74) is 1.68. The smallest absolute Gasteiger partial charge is 0.257 e. The molecule has 1 aliphatic heterocycles. The number of hydrogen-bond donors (Lipinski definition) is 1. The van der Waals surface area contributed by atoms with Gasteiger partial charge in [-0.2, -0.15) is 4.31 Å². The molecule has 2 aromatic carbocycles. The highest BCUT2D eigenvalue weighted by molar-refractivity contribution is 7.89. The zero-order chi connectivity index (χ0) is 22.0. The number of ether oxygens (including phenoxy) is 1. The summed E-state index contributed by atoms with van der Waals surface area (Å²) in [6.07, 6.45) is 2.77. The van der Waals surface area contributed by atoms with E-state index in [1.165, 1.54) is 21.7 Å². The molecule has 1 amide bonds. The van der Waals surface area contributed by atoms with Crippen molar-refractivity contribution in [1.82, 2.24) is 9.29 Å². The third-order valence-corrected chi connectivity index (χ3v) is 8.25. The van der Waals surface area contributed by atoms with Crippen LogP contribution in [0.2, 0.25) is 0 Å². The molecule has 0 radical (unpaired) electrons. The fraction of sp³-hybridized carbons (Fsp3) is 0.364. The summed E-state index contributed by atoms with van der Waals surface area (Å²) in [6, 6.07) is 10.4. The molecule has 2 heterocycles. The summed E-state index contributed by atoms with van der Waals surface area (Å²) in [7, 11) is -3.63. The van der Waals surface area contributed by atoms with E-state index in [1.807, 2.05) is 25.1 Å². The van der Waals surface area contributed by atoms with Gasteiger partial charge in [-0.1, -0.05) is 23.8 Å². The molecule has 31 heavy (non-hydrogen) atoms. The Morgan fingerprint density at radius 2 is 1.94 bits per heavy atom. The van der Waals surface area contributed by atoms with Crippen LogP contribution < -0.4 is 10.1 Å². The van der Waals surface area contributed by atoms with Gasteiger partial charge in [0.05, 0.1) is 21.7 Å². The third kappa shape index (κ3) is 4.58. The quantitative estimate of drug-likeness (QED) is 0.589. The van der Waals surface area contributed by atoms with Crippen molar-refractivity contribution < 1.29 is 17.9 Å². The molecule has 0 spiro atoms. The van der Waals surface area contributed by atoms with Crippen LogP contribution >= 0.6 is 11.3 Å². The van der Waals surface area contributed by atoms with Crippen LogP contribution in [-0.4, -0.2) is 43.3 Å². The molecule has 7 nitrogen and oxygen atoms in total. The number of amides is 1. The van der Waals surface area contributed by atoms with Crippen LogP contribution in [0.1, 0.15) is 42.1 Å². The molecule has 1 fully saturated rings. The number of sulfonamides is 1. The molecule has 1 saturated heterocycles. The van der Waals surface area contributed by atoms with Gasteiger partial charge in [0.1, 0.15) is 5.75 Å². The second kappa shape index (κ2) is 8.94. The minimum Gasteiger partial charge on any atom is -0.494 e. The van der Waals surface area contributed by atoms with E-state index < -0.39 is 10.0 Å². The van der Waals surface area contributed by atoms with Crippen LogP contribution in [0.4, 0.5) is 5.13 Å². The SMILES string of the molecule is CCOc1ccc2nc(NC(=O)c3ccc(C)c(S(=O)(=O)N4CCCCC4)c3)sc2c1. The van der Waals surface area contributed by atoms with Crippen LogP contribution in [0.3, 0.4) is 0 Å². The summed E-state index contributed by atoms with van der Waals surface area (Å²) in [5.74, 6) is 0.363. The Morgan fingerprint density at radius 1 is 1.16 bits per heavy atom. The molecule has 0 bridgehead atoms. The number of hydrogen-bond acceptors (Lipinski definition) is 6. The Labute approximate surface area is 186 Å². The predicted molar refractivity (Wildman–Crippen MR) is 123 cm³/mol. The van der Waals surface area contributed by atoms with E-state index in [0.29, 0.717) is 30.4 Å². The second-order valence-corrected chi connectivity index (χ2v) is 10.4. The van der Waals surface area contributed by atoms with Gasteiger partial charge in [-0.05, 0) is 62.6 Å². The van der Waals surface area contributed by atoms with Crippen LogP contribution in [0.25, 0.3) is 10.2 Å². The van der Waals surface area contributed by atoms with E-state index in [4.69, 9.17) is 4.74 Å². The van der Waals surface area contributed by atoms with Crippen LogP contribution in [0.15, 0.2) is 41.3 Å². The molecule has 0 atom stereocenters. The molecule has 0 saturated carbocycles. The van der Waals surface area contributed by atoms with Gasteiger partial charge in [0.15, 0.2) is 5.13 Å². The number of nitrogens with zero attached hydrogens (tertiary/aromatic N) is 2. The maximum absolute atomic E-state index is 13.1. The number of rotatable bonds is 6. The number of benzene rings is 2. The minimum absolute atomic E-state index is 0.188. The average Bonchev–Trinajstić information content (AvgIpc) is 3.16. The van der Waals surface area contributed by atoms with Crippen molar-refractivity contribution >= 4 is 42.6 Å². The predicted octanol–water partition coefficient (Wildman–Crippen LogP) is 4.43. The van der Waals surface area contributed by atoms with Crippen LogP contribution in [0.5, 0.6) is 5.75 Å². The highest BCUT2D eigenvalue weighted by atomic mass is 32.2. The summed E-state index contributed by atoms with van der Waals surface area (Å²) < 4.78 is 34.2. The van der Waals surface area contributed by atoms with Gasteiger partial charge in [-0.25, -0.2) is 13.4 Å². The van der Waals surface area contributed by atoms with Crippen molar-refractivity contribution in [3.05, 3.63) is 47.5 Å². The number of nitrogens with one attached hydrogen (secondary N) is 1. The van der Waals surface area contributed by atoms with Crippen molar-refractivity contribution in [2.45, 2.75) is 38.0 Å². The van der Waals surface area contributed by atoms with E-state index in [-0.39, 0.29) is 16.4 Å². The van der Waals surface area contributed by atoms with Crippen molar-refractivity contribution in [2.75, 3.05) is 25.0 Å². The first kappa shape index (κ1) is 21.7. The largest absolute Gasteiger partial charge is 0.494 e. The number of aryl methyl sites for hydroxylation is 1. The molecule has 0 aliphatic carbocycles. The second-order valence-electron chi connectivity index (χ2n) is 7.48. The highest BCUT2D eigenvalue weighted by Gasteiger charge is 2.28. The van der Waals surface area contributed by atoms with Gasteiger partial charge in [0, 0.05) is 18.7 Å². The standard InChI is InChI=1S/C22H25N3O4S2/c1-3-29-17-9-10-18-19(14-17)30-22(23-18)24-21(26)16-8-7-15(2)20(13-16)31(27,28)25-11-5-4-6-12-25/h7-10,13-14H,3-6,11-12H2,1-2H3,(H,23,24,26). The van der Waals surface area contributed by atoms with Crippen LogP contribution in [0, 0.1) is 6.92 Å². The van der Waals surface area contributed by atoms with Gasteiger partial charge < -0.3 is 4.74 Å². The number of thiazole rings is 1. The van der Waals surface area contributed by atoms with Gasteiger partial charge in [0.25, 0.3) is 5.91 Å². The number of piperidine rings is 1. The Bertz CT molecular complexity index is 1210. The van der Waals surface area contributed by atoms with Crippen molar-refractivity contribution in [1.29, 1.82) is 0 Å². The van der Waals surface area contributed by atoms with Crippen molar-refractivity contribution in [3.8, 4) is 5.75 Å².